The van der Waals surface area contributed by atoms with Crippen molar-refractivity contribution in [3.8, 4) is 6.07 Å². The fourth-order valence-corrected chi connectivity index (χ4v) is 4.58. The van der Waals surface area contributed by atoms with E-state index in [1.54, 1.807) is 6.07 Å². The number of rotatable bonds is 2. The Morgan fingerprint density at radius 2 is 2.10 bits per heavy atom. The summed E-state index contributed by atoms with van der Waals surface area (Å²) in [5.41, 5.74) is 1.22. The summed E-state index contributed by atoms with van der Waals surface area (Å²) in [5, 5.41) is 12.7. The third-order valence-electron chi connectivity index (χ3n) is 5.70. The van der Waals surface area contributed by atoms with Gasteiger partial charge in [0.05, 0.1) is 5.69 Å². The summed E-state index contributed by atoms with van der Waals surface area (Å²) >= 11 is 0. The van der Waals surface area contributed by atoms with Crippen molar-refractivity contribution in [1.82, 2.24) is 0 Å². The summed E-state index contributed by atoms with van der Waals surface area (Å²) in [4.78, 5) is 0. The molecule has 0 saturated heterocycles. The molecule has 106 valence electrons. The predicted molar refractivity (Wildman–Crippen MR) is 77.8 cm³/mol. The monoisotopic (exact) mass is 272 g/mol. The van der Waals surface area contributed by atoms with Gasteiger partial charge in [-0.25, -0.2) is 4.39 Å². The Kier molecular flexibility index (Phi) is 2.83. The van der Waals surface area contributed by atoms with Crippen molar-refractivity contribution in [3.05, 3.63) is 29.6 Å². The Morgan fingerprint density at radius 3 is 2.70 bits per heavy atom. The molecular weight excluding hydrogens is 251 g/mol. The first-order chi connectivity index (χ1) is 9.38. The van der Waals surface area contributed by atoms with Crippen molar-refractivity contribution in [2.45, 2.75) is 46.1 Å². The average molecular weight is 272 g/mol. The van der Waals surface area contributed by atoms with Gasteiger partial charge in [-0.15, -0.1) is 0 Å². The maximum absolute atomic E-state index is 13.7. The molecule has 1 unspecified atom stereocenters. The molecule has 0 aromatic heterocycles. The van der Waals surface area contributed by atoms with Crippen LogP contribution in [0, 0.1) is 33.9 Å². The van der Waals surface area contributed by atoms with Crippen molar-refractivity contribution in [2.75, 3.05) is 5.32 Å². The third-order valence-corrected chi connectivity index (χ3v) is 5.70. The summed E-state index contributed by atoms with van der Waals surface area (Å²) in [6.07, 6.45) is 3.74. The van der Waals surface area contributed by atoms with Gasteiger partial charge in [-0.3, -0.25) is 0 Å². The fraction of sp³-hybridized carbons (Fsp3) is 0.588. The third kappa shape index (κ3) is 1.74. The van der Waals surface area contributed by atoms with E-state index in [9.17, 15) is 4.39 Å². The van der Waals surface area contributed by atoms with Crippen molar-refractivity contribution in [1.29, 1.82) is 5.26 Å². The van der Waals surface area contributed by atoms with Crippen LogP contribution >= 0.6 is 0 Å². The van der Waals surface area contributed by atoms with Gasteiger partial charge in [-0.2, -0.15) is 5.26 Å². The molecule has 3 atom stereocenters. The Morgan fingerprint density at radius 1 is 1.35 bits per heavy atom. The van der Waals surface area contributed by atoms with Gasteiger partial charge in [0.25, 0.3) is 0 Å². The lowest BCUT2D eigenvalue weighted by molar-refractivity contribution is 0.155. The van der Waals surface area contributed by atoms with Crippen molar-refractivity contribution < 1.29 is 4.39 Å². The summed E-state index contributed by atoms with van der Waals surface area (Å²) in [6, 6.07) is 7.10. The van der Waals surface area contributed by atoms with Crippen LogP contribution in [0.3, 0.4) is 0 Å². The molecule has 3 rings (SSSR count). The molecule has 0 amide bonds. The SMILES string of the molecule is CC1(C)C(Nc2cccc(F)c2C#N)[C@]2(C)CC[C@H]1C2. The molecule has 2 aliphatic carbocycles. The Balaban J connectivity index is 1.96. The maximum Gasteiger partial charge on any atom is 0.143 e. The van der Waals surface area contributed by atoms with Gasteiger partial charge in [-0.1, -0.05) is 26.8 Å². The van der Waals surface area contributed by atoms with E-state index in [1.807, 2.05) is 12.1 Å². The van der Waals surface area contributed by atoms with Crippen LogP contribution in [0.25, 0.3) is 0 Å². The lowest BCUT2D eigenvalue weighted by Crippen LogP contribution is -2.45. The minimum absolute atomic E-state index is 0.134. The van der Waals surface area contributed by atoms with Crippen molar-refractivity contribution in [2.24, 2.45) is 16.7 Å². The smallest absolute Gasteiger partial charge is 0.143 e. The molecule has 0 radical (unpaired) electrons. The average Bonchev–Trinajstić information content (AvgIpc) is 2.86. The van der Waals surface area contributed by atoms with E-state index in [2.05, 4.69) is 26.1 Å². The molecule has 2 saturated carbocycles. The first kappa shape index (κ1) is 13.4. The number of fused-ring (bicyclic) bond motifs is 2. The highest BCUT2D eigenvalue weighted by atomic mass is 19.1. The number of nitrogens with zero attached hydrogens (tertiary/aromatic N) is 1. The lowest BCUT2D eigenvalue weighted by atomic mass is 9.68. The van der Waals surface area contributed by atoms with E-state index in [4.69, 9.17) is 5.26 Å². The highest BCUT2D eigenvalue weighted by Crippen LogP contribution is 2.63. The van der Waals surface area contributed by atoms with E-state index < -0.39 is 5.82 Å². The molecule has 2 bridgehead atoms. The first-order valence-corrected chi connectivity index (χ1v) is 7.33. The van der Waals surface area contributed by atoms with E-state index in [0.29, 0.717) is 11.7 Å². The zero-order chi connectivity index (χ0) is 14.5. The summed E-state index contributed by atoms with van der Waals surface area (Å²) in [5.74, 6) is 0.285. The van der Waals surface area contributed by atoms with Crippen LogP contribution in [0.4, 0.5) is 10.1 Å². The minimum atomic E-state index is -0.441. The number of anilines is 1. The molecule has 0 heterocycles. The van der Waals surface area contributed by atoms with Crippen molar-refractivity contribution >= 4 is 5.69 Å². The van der Waals surface area contributed by atoms with E-state index in [0.717, 1.165) is 5.92 Å². The normalized spacial score (nSPS) is 34.0. The van der Waals surface area contributed by atoms with Gasteiger partial charge in [0.1, 0.15) is 17.4 Å². The number of hydrogen-bond donors (Lipinski definition) is 1. The van der Waals surface area contributed by atoms with Crippen LogP contribution in [0.1, 0.15) is 45.6 Å². The highest BCUT2D eigenvalue weighted by Gasteiger charge is 2.59. The minimum Gasteiger partial charge on any atom is -0.380 e. The molecule has 1 aromatic carbocycles. The van der Waals surface area contributed by atoms with Crippen LogP contribution in [0.5, 0.6) is 0 Å². The standard InChI is InChI=1S/C17H21FN2/c1-16(2)11-7-8-17(3,9-11)15(16)20-14-6-4-5-13(18)12(14)10-19/h4-6,11,15,20H,7-9H2,1-3H3/t11-,15?,17+/m0/s1. The molecule has 2 fully saturated rings. The second-order valence-corrected chi connectivity index (χ2v) is 7.27. The first-order valence-electron chi connectivity index (χ1n) is 7.33. The second kappa shape index (κ2) is 4.22. The molecule has 2 aliphatic rings. The number of benzene rings is 1. The molecular formula is C17H21FN2. The van der Waals surface area contributed by atoms with Crippen LogP contribution in [0.2, 0.25) is 0 Å². The molecule has 1 N–H and O–H groups in total. The highest BCUT2D eigenvalue weighted by molar-refractivity contribution is 5.59. The van der Waals surface area contributed by atoms with Crippen molar-refractivity contribution in [3.63, 3.8) is 0 Å². The number of nitrogens with one attached hydrogen (secondary N) is 1. The van der Waals surface area contributed by atoms with Crippen LogP contribution < -0.4 is 5.32 Å². The second-order valence-electron chi connectivity index (χ2n) is 7.27. The molecule has 0 aliphatic heterocycles. The van der Waals surface area contributed by atoms with E-state index in [1.165, 1.54) is 25.3 Å². The summed E-state index contributed by atoms with van der Waals surface area (Å²) < 4.78 is 13.7. The quantitative estimate of drug-likeness (QED) is 0.870. The Labute approximate surface area is 120 Å². The summed E-state index contributed by atoms with van der Waals surface area (Å²) in [6.45, 7) is 6.92. The Bertz CT molecular complexity index is 582. The van der Waals surface area contributed by atoms with Gasteiger partial charge in [0.2, 0.25) is 0 Å². The molecule has 1 aromatic rings. The topological polar surface area (TPSA) is 35.8 Å². The fourth-order valence-electron chi connectivity index (χ4n) is 4.58. The number of halogens is 1. The van der Waals surface area contributed by atoms with Crippen LogP contribution in [-0.2, 0) is 0 Å². The molecule has 3 heteroatoms. The molecule has 0 spiro atoms. The van der Waals surface area contributed by atoms with Gasteiger partial charge in [-0.05, 0) is 48.1 Å². The zero-order valence-electron chi connectivity index (χ0n) is 12.3. The van der Waals surface area contributed by atoms with E-state index in [-0.39, 0.29) is 16.4 Å². The maximum atomic E-state index is 13.7. The predicted octanol–water partition coefficient (Wildman–Crippen LogP) is 4.32. The number of nitriles is 1. The summed E-state index contributed by atoms with van der Waals surface area (Å²) in [7, 11) is 0. The van der Waals surface area contributed by atoms with Gasteiger partial charge in [0.15, 0.2) is 0 Å². The molecule has 20 heavy (non-hydrogen) atoms. The zero-order valence-corrected chi connectivity index (χ0v) is 12.3. The largest absolute Gasteiger partial charge is 0.380 e. The van der Waals surface area contributed by atoms with Gasteiger partial charge < -0.3 is 5.32 Å². The molecule has 2 nitrogen and oxygen atoms in total. The van der Waals surface area contributed by atoms with Crippen LogP contribution in [-0.4, -0.2) is 6.04 Å². The number of hydrogen-bond acceptors (Lipinski definition) is 2. The lowest BCUT2D eigenvalue weighted by Gasteiger charge is -2.43. The van der Waals surface area contributed by atoms with Crippen LogP contribution in [0.15, 0.2) is 18.2 Å². The van der Waals surface area contributed by atoms with Gasteiger partial charge in [0, 0.05) is 6.04 Å². The van der Waals surface area contributed by atoms with Gasteiger partial charge >= 0.3 is 0 Å². The Hall–Kier alpha value is -1.56. The van der Waals surface area contributed by atoms with E-state index >= 15 is 0 Å².